The summed E-state index contributed by atoms with van der Waals surface area (Å²) in [6.45, 7) is 0.636. The Bertz CT molecular complexity index is 690. The summed E-state index contributed by atoms with van der Waals surface area (Å²) in [6, 6.07) is 13.5. The van der Waals surface area contributed by atoms with Gasteiger partial charge in [0.1, 0.15) is 0 Å². The molecule has 1 heterocycles. The van der Waals surface area contributed by atoms with Crippen LogP contribution in [0.4, 0.5) is 11.4 Å². The zero-order valence-corrected chi connectivity index (χ0v) is 13.5. The first-order valence-corrected chi connectivity index (χ1v) is 7.88. The smallest absolute Gasteiger partial charge is 0.229 e. The predicted molar refractivity (Wildman–Crippen MR) is 89.9 cm³/mol. The van der Waals surface area contributed by atoms with Crippen LogP contribution < -0.4 is 10.6 Å². The molecule has 1 aliphatic rings. The first-order chi connectivity index (χ1) is 10.1. The van der Waals surface area contributed by atoms with Crippen molar-refractivity contribution in [3.63, 3.8) is 0 Å². The van der Waals surface area contributed by atoms with E-state index >= 15 is 0 Å². The van der Waals surface area contributed by atoms with E-state index in [0.717, 1.165) is 16.6 Å². The molecule has 0 radical (unpaired) electrons. The number of rotatable bonds is 2. The molecule has 108 valence electrons. The van der Waals surface area contributed by atoms with Crippen molar-refractivity contribution in [2.24, 2.45) is 5.92 Å². The molecule has 1 amide bonds. The predicted octanol–water partition coefficient (Wildman–Crippen LogP) is 4.33. The summed E-state index contributed by atoms with van der Waals surface area (Å²) < 4.78 is 0.888. The number of carbonyl (C=O) groups excluding carboxylic acids is 1. The van der Waals surface area contributed by atoms with Crippen molar-refractivity contribution in [1.29, 1.82) is 0 Å². The molecule has 21 heavy (non-hydrogen) atoms. The fraction of sp³-hybridized carbons (Fsp3) is 0.188. The lowest BCUT2D eigenvalue weighted by molar-refractivity contribution is -0.119. The molecule has 2 aromatic carbocycles. The number of carbonyl (C=O) groups is 1. The van der Waals surface area contributed by atoms with Crippen LogP contribution in [-0.4, -0.2) is 12.5 Å². The van der Waals surface area contributed by atoms with Crippen molar-refractivity contribution in [3.8, 4) is 0 Å². The van der Waals surface area contributed by atoms with Gasteiger partial charge in [0.2, 0.25) is 5.91 Å². The molecule has 0 saturated carbocycles. The van der Waals surface area contributed by atoms with Gasteiger partial charge in [-0.2, -0.15) is 0 Å². The van der Waals surface area contributed by atoms with Gasteiger partial charge in [0, 0.05) is 16.7 Å². The SMILES string of the molecule is O=C(Nc1ccc(Br)cc1Cl)C1CNc2ccccc2C1. The lowest BCUT2D eigenvalue weighted by Crippen LogP contribution is -2.33. The molecular formula is C16H14BrClN2O. The van der Waals surface area contributed by atoms with Crippen LogP contribution in [0, 0.1) is 5.92 Å². The molecule has 2 aromatic rings. The number of hydrogen-bond acceptors (Lipinski definition) is 2. The number of anilines is 2. The quantitative estimate of drug-likeness (QED) is 0.832. The normalized spacial score (nSPS) is 16.8. The number of benzene rings is 2. The number of para-hydroxylation sites is 1. The summed E-state index contributed by atoms with van der Waals surface area (Å²) in [5.74, 6) is -0.110. The zero-order valence-electron chi connectivity index (χ0n) is 11.2. The van der Waals surface area contributed by atoms with Crippen molar-refractivity contribution in [1.82, 2.24) is 0 Å². The molecule has 1 unspecified atom stereocenters. The Hall–Kier alpha value is -1.52. The maximum Gasteiger partial charge on any atom is 0.229 e. The average Bonchev–Trinajstić information content (AvgIpc) is 2.49. The number of amides is 1. The molecule has 0 aromatic heterocycles. The second-order valence-electron chi connectivity index (χ2n) is 5.05. The molecule has 0 bridgehead atoms. The van der Waals surface area contributed by atoms with Gasteiger partial charge in [0.05, 0.1) is 16.6 Å². The highest BCUT2D eigenvalue weighted by Crippen LogP contribution is 2.28. The number of halogens is 2. The van der Waals surface area contributed by atoms with Crippen molar-refractivity contribution in [3.05, 3.63) is 57.5 Å². The van der Waals surface area contributed by atoms with Crippen molar-refractivity contribution in [2.75, 3.05) is 17.2 Å². The van der Waals surface area contributed by atoms with Gasteiger partial charge in [-0.25, -0.2) is 0 Å². The van der Waals surface area contributed by atoms with Crippen LogP contribution in [0.2, 0.25) is 5.02 Å². The first kappa shape index (κ1) is 14.4. The van der Waals surface area contributed by atoms with E-state index in [1.54, 1.807) is 12.1 Å². The Morgan fingerprint density at radius 1 is 1.29 bits per heavy atom. The number of hydrogen-bond donors (Lipinski definition) is 2. The van der Waals surface area contributed by atoms with E-state index in [1.807, 2.05) is 30.3 Å². The zero-order chi connectivity index (χ0) is 14.8. The highest BCUT2D eigenvalue weighted by atomic mass is 79.9. The van der Waals surface area contributed by atoms with Crippen LogP contribution in [0.5, 0.6) is 0 Å². The van der Waals surface area contributed by atoms with Crippen LogP contribution in [0.3, 0.4) is 0 Å². The minimum absolute atomic E-state index is 0.0128. The van der Waals surface area contributed by atoms with Crippen molar-refractivity contribution >= 4 is 44.8 Å². The molecule has 5 heteroatoms. The largest absolute Gasteiger partial charge is 0.384 e. The molecule has 3 rings (SSSR count). The summed E-state index contributed by atoms with van der Waals surface area (Å²) in [7, 11) is 0. The molecule has 0 saturated heterocycles. The first-order valence-electron chi connectivity index (χ1n) is 6.71. The third-order valence-electron chi connectivity index (χ3n) is 3.58. The third kappa shape index (κ3) is 3.22. The van der Waals surface area contributed by atoms with E-state index in [-0.39, 0.29) is 11.8 Å². The second kappa shape index (κ2) is 6.08. The van der Waals surface area contributed by atoms with Crippen molar-refractivity contribution < 1.29 is 4.79 Å². The lowest BCUT2D eigenvalue weighted by Gasteiger charge is -2.25. The number of nitrogens with one attached hydrogen (secondary N) is 2. The van der Waals surface area contributed by atoms with E-state index in [9.17, 15) is 4.79 Å². The summed E-state index contributed by atoms with van der Waals surface area (Å²) in [4.78, 5) is 12.4. The van der Waals surface area contributed by atoms with Gasteiger partial charge in [-0.3, -0.25) is 4.79 Å². The minimum Gasteiger partial charge on any atom is -0.384 e. The highest BCUT2D eigenvalue weighted by Gasteiger charge is 2.24. The summed E-state index contributed by atoms with van der Waals surface area (Å²) in [6.07, 6.45) is 0.739. The fourth-order valence-electron chi connectivity index (χ4n) is 2.45. The lowest BCUT2D eigenvalue weighted by atomic mass is 9.93. The van der Waals surface area contributed by atoms with Gasteiger partial charge in [-0.1, -0.05) is 45.7 Å². The van der Waals surface area contributed by atoms with Crippen molar-refractivity contribution in [2.45, 2.75) is 6.42 Å². The number of fused-ring (bicyclic) bond motifs is 1. The molecule has 2 N–H and O–H groups in total. The van der Waals surface area contributed by atoms with Crippen LogP contribution in [0.1, 0.15) is 5.56 Å². The Morgan fingerprint density at radius 3 is 2.90 bits per heavy atom. The Labute approximate surface area is 136 Å². The molecule has 1 aliphatic heterocycles. The van der Waals surface area contributed by atoms with Gasteiger partial charge in [0.15, 0.2) is 0 Å². The summed E-state index contributed by atoms with van der Waals surface area (Å²) in [5.41, 5.74) is 2.93. The molecular weight excluding hydrogens is 352 g/mol. The summed E-state index contributed by atoms with van der Waals surface area (Å²) in [5, 5.41) is 6.74. The van der Waals surface area contributed by atoms with Gasteiger partial charge >= 0.3 is 0 Å². The van der Waals surface area contributed by atoms with Crippen LogP contribution >= 0.6 is 27.5 Å². The van der Waals surface area contributed by atoms with Crippen LogP contribution in [0.15, 0.2) is 46.9 Å². The Morgan fingerprint density at radius 2 is 2.10 bits per heavy atom. The third-order valence-corrected chi connectivity index (χ3v) is 4.39. The Balaban J connectivity index is 1.72. The van der Waals surface area contributed by atoms with E-state index < -0.39 is 0 Å². The molecule has 1 atom stereocenters. The minimum atomic E-state index is -0.0976. The van der Waals surface area contributed by atoms with Gasteiger partial charge in [-0.15, -0.1) is 0 Å². The van der Waals surface area contributed by atoms with Crippen LogP contribution in [0.25, 0.3) is 0 Å². The standard InChI is InChI=1S/C16H14BrClN2O/c17-12-5-6-15(13(18)8-12)20-16(21)11-7-10-3-1-2-4-14(10)19-9-11/h1-6,8,11,19H,7,9H2,(H,20,21). The van der Waals surface area contributed by atoms with E-state index in [2.05, 4.69) is 26.6 Å². The monoisotopic (exact) mass is 364 g/mol. The van der Waals surface area contributed by atoms with Gasteiger partial charge in [-0.05, 0) is 36.2 Å². The van der Waals surface area contributed by atoms with E-state index in [0.29, 0.717) is 17.3 Å². The molecule has 0 aliphatic carbocycles. The second-order valence-corrected chi connectivity index (χ2v) is 6.38. The topological polar surface area (TPSA) is 41.1 Å². The maximum absolute atomic E-state index is 12.4. The molecule has 3 nitrogen and oxygen atoms in total. The van der Waals surface area contributed by atoms with E-state index in [1.165, 1.54) is 5.56 Å². The average molecular weight is 366 g/mol. The van der Waals surface area contributed by atoms with Gasteiger partial charge in [0.25, 0.3) is 0 Å². The highest BCUT2D eigenvalue weighted by molar-refractivity contribution is 9.10. The fourth-order valence-corrected chi connectivity index (χ4v) is 3.17. The maximum atomic E-state index is 12.4. The van der Waals surface area contributed by atoms with E-state index in [4.69, 9.17) is 11.6 Å². The Kier molecular flexibility index (Phi) is 4.17. The molecule has 0 fully saturated rings. The molecule has 0 spiro atoms. The van der Waals surface area contributed by atoms with Gasteiger partial charge < -0.3 is 10.6 Å². The summed E-state index contributed by atoms with van der Waals surface area (Å²) >= 11 is 9.48. The van der Waals surface area contributed by atoms with Crippen LogP contribution in [-0.2, 0) is 11.2 Å².